The molecule has 0 spiro atoms. The van der Waals surface area contributed by atoms with Crippen LogP contribution in [0.2, 0.25) is 0 Å². The number of para-hydroxylation sites is 1. The van der Waals surface area contributed by atoms with Crippen LogP contribution in [-0.2, 0) is 0 Å². The summed E-state index contributed by atoms with van der Waals surface area (Å²) in [4.78, 5) is 2.38. The Hall–Kier alpha value is -2.33. The summed E-state index contributed by atoms with van der Waals surface area (Å²) in [6.07, 6.45) is 3.97. The highest BCUT2D eigenvalue weighted by Crippen LogP contribution is 2.23. The fourth-order valence-electron chi connectivity index (χ4n) is 2.84. The Bertz CT molecular complexity index is 617. The van der Waals surface area contributed by atoms with E-state index < -0.39 is 0 Å². The lowest BCUT2D eigenvalue weighted by atomic mass is 9.97. The van der Waals surface area contributed by atoms with Crippen molar-refractivity contribution in [2.75, 3.05) is 30.0 Å². The Labute approximate surface area is 137 Å². The molecule has 0 atom stereocenters. The number of piperidine rings is 1. The van der Waals surface area contributed by atoms with Gasteiger partial charge in [0.05, 0.1) is 11.9 Å². The van der Waals surface area contributed by atoms with Crippen molar-refractivity contribution in [1.29, 1.82) is 0 Å². The van der Waals surface area contributed by atoms with Crippen LogP contribution in [0.1, 0.15) is 18.4 Å². The second kappa shape index (κ2) is 7.79. The molecular weight excluding hydrogens is 286 g/mol. The van der Waals surface area contributed by atoms with Gasteiger partial charge in [-0.1, -0.05) is 30.3 Å². The molecule has 1 fully saturated rings. The minimum Gasteiger partial charge on any atom is -0.396 e. The van der Waals surface area contributed by atoms with Crippen molar-refractivity contribution in [2.24, 2.45) is 11.0 Å². The van der Waals surface area contributed by atoms with E-state index in [0.29, 0.717) is 12.5 Å². The monoisotopic (exact) mass is 309 g/mol. The Morgan fingerprint density at radius 1 is 1.04 bits per heavy atom. The van der Waals surface area contributed by atoms with E-state index in [1.165, 1.54) is 5.69 Å². The quantitative estimate of drug-likeness (QED) is 0.658. The summed E-state index contributed by atoms with van der Waals surface area (Å²) in [6.45, 7) is 2.36. The molecule has 0 aliphatic carbocycles. The highest BCUT2D eigenvalue weighted by atomic mass is 16.3. The molecule has 0 amide bonds. The molecule has 0 aromatic heterocycles. The minimum absolute atomic E-state index is 0.317. The number of hydrogen-bond acceptors (Lipinski definition) is 4. The molecule has 4 nitrogen and oxygen atoms in total. The van der Waals surface area contributed by atoms with Crippen LogP contribution in [0.3, 0.4) is 0 Å². The van der Waals surface area contributed by atoms with Gasteiger partial charge in [-0.2, -0.15) is 5.10 Å². The predicted molar refractivity (Wildman–Crippen MR) is 96.1 cm³/mol. The standard InChI is InChI=1S/C19H23N3O/c23-15-17-10-12-22(13-11-17)19-8-6-16(7-9-19)14-20-21-18-4-2-1-3-5-18/h1-9,14,17,21,23H,10-13,15H2. The molecule has 1 aliphatic rings. The van der Waals surface area contributed by atoms with Crippen LogP contribution < -0.4 is 10.3 Å². The number of hydrazone groups is 1. The number of aliphatic hydroxyl groups is 1. The average Bonchev–Trinajstić information content (AvgIpc) is 2.63. The van der Waals surface area contributed by atoms with Crippen LogP contribution in [-0.4, -0.2) is 31.0 Å². The first-order valence-electron chi connectivity index (χ1n) is 8.15. The molecule has 0 unspecified atom stereocenters. The first-order chi connectivity index (χ1) is 11.3. The van der Waals surface area contributed by atoms with Gasteiger partial charge in [-0.15, -0.1) is 0 Å². The van der Waals surface area contributed by atoms with E-state index in [1.54, 1.807) is 0 Å². The van der Waals surface area contributed by atoms with Crippen LogP contribution in [0.15, 0.2) is 59.7 Å². The zero-order chi connectivity index (χ0) is 15.9. The fraction of sp³-hybridized carbons (Fsp3) is 0.316. The van der Waals surface area contributed by atoms with Crippen LogP contribution in [0.4, 0.5) is 11.4 Å². The molecule has 120 valence electrons. The van der Waals surface area contributed by atoms with E-state index in [-0.39, 0.29) is 0 Å². The number of aliphatic hydroxyl groups excluding tert-OH is 1. The molecule has 2 N–H and O–H groups in total. The van der Waals surface area contributed by atoms with Crippen LogP contribution in [0.25, 0.3) is 0 Å². The zero-order valence-electron chi connectivity index (χ0n) is 13.2. The van der Waals surface area contributed by atoms with Crippen molar-refractivity contribution in [2.45, 2.75) is 12.8 Å². The van der Waals surface area contributed by atoms with Gasteiger partial charge in [0.1, 0.15) is 0 Å². The SMILES string of the molecule is OCC1CCN(c2ccc(C=NNc3ccccc3)cc2)CC1. The van der Waals surface area contributed by atoms with Gasteiger partial charge in [0, 0.05) is 25.4 Å². The lowest BCUT2D eigenvalue weighted by Gasteiger charge is -2.32. The molecule has 2 aromatic carbocycles. The maximum Gasteiger partial charge on any atom is 0.0561 e. The Morgan fingerprint density at radius 3 is 2.39 bits per heavy atom. The molecule has 1 heterocycles. The van der Waals surface area contributed by atoms with Crippen molar-refractivity contribution in [3.05, 3.63) is 60.2 Å². The highest BCUT2D eigenvalue weighted by molar-refractivity contribution is 5.81. The van der Waals surface area contributed by atoms with Crippen LogP contribution in [0, 0.1) is 5.92 Å². The van der Waals surface area contributed by atoms with Crippen LogP contribution in [0.5, 0.6) is 0 Å². The maximum absolute atomic E-state index is 9.21. The second-order valence-electron chi connectivity index (χ2n) is 5.94. The first-order valence-corrected chi connectivity index (χ1v) is 8.15. The first kappa shape index (κ1) is 15.6. The van der Waals surface area contributed by atoms with E-state index in [4.69, 9.17) is 0 Å². The predicted octanol–water partition coefficient (Wildman–Crippen LogP) is 3.34. The van der Waals surface area contributed by atoms with Gasteiger partial charge in [-0.05, 0) is 48.6 Å². The lowest BCUT2D eigenvalue weighted by Crippen LogP contribution is -2.34. The summed E-state index contributed by atoms with van der Waals surface area (Å²) in [5.41, 5.74) is 6.31. The number of rotatable bonds is 5. The third-order valence-corrected chi connectivity index (χ3v) is 4.31. The topological polar surface area (TPSA) is 47.9 Å². The summed E-state index contributed by atoms with van der Waals surface area (Å²) in [6, 6.07) is 18.4. The summed E-state index contributed by atoms with van der Waals surface area (Å²) < 4.78 is 0. The summed E-state index contributed by atoms with van der Waals surface area (Å²) in [5.74, 6) is 0.474. The molecule has 3 rings (SSSR count). The molecule has 1 aliphatic heterocycles. The molecule has 23 heavy (non-hydrogen) atoms. The van der Waals surface area contributed by atoms with Gasteiger partial charge < -0.3 is 10.0 Å². The summed E-state index contributed by atoms with van der Waals surface area (Å²) in [7, 11) is 0. The van der Waals surface area contributed by atoms with Gasteiger partial charge in [0.25, 0.3) is 0 Å². The zero-order valence-corrected chi connectivity index (χ0v) is 13.2. The van der Waals surface area contributed by atoms with Gasteiger partial charge in [-0.3, -0.25) is 5.43 Å². The number of hydrogen-bond donors (Lipinski definition) is 2. The van der Waals surface area contributed by atoms with E-state index >= 15 is 0 Å². The number of nitrogens with one attached hydrogen (secondary N) is 1. The summed E-state index contributed by atoms with van der Waals surface area (Å²) in [5, 5.41) is 13.5. The minimum atomic E-state index is 0.317. The molecule has 0 radical (unpaired) electrons. The smallest absolute Gasteiger partial charge is 0.0561 e. The van der Waals surface area contributed by atoms with E-state index in [9.17, 15) is 5.11 Å². The molecule has 4 heteroatoms. The molecule has 0 bridgehead atoms. The second-order valence-corrected chi connectivity index (χ2v) is 5.94. The van der Waals surface area contributed by atoms with E-state index in [1.807, 2.05) is 36.5 Å². The third kappa shape index (κ3) is 4.33. The van der Waals surface area contributed by atoms with Crippen molar-refractivity contribution >= 4 is 17.6 Å². The molecular formula is C19H23N3O. The largest absolute Gasteiger partial charge is 0.396 e. The number of anilines is 2. The van der Waals surface area contributed by atoms with Crippen molar-refractivity contribution in [1.82, 2.24) is 0 Å². The Balaban J connectivity index is 1.55. The van der Waals surface area contributed by atoms with Gasteiger partial charge in [-0.25, -0.2) is 0 Å². The van der Waals surface area contributed by atoms with Crippen molar-refractivity contribution in [3.8, 4) is 0 Å². The Morgan fingerprint density at radius 2 is 1.74 bits per heavy atom. The van der Waals surface area contributed by atoms with Gasteiger partial charge in [0.15, 0.2) is 0 Å². The van der Waals surface area contributed by atoms with Crippen LogP contribution >= 0.6 is 0 Å². The highest BCUT2D eigenvalue weighted by Gasteiger charge is 2.18. The van der Waals surface area contributed by atoms with Crippen molar-refractivity contribution < 1.29 is 5.11 Å². The summed E-state index contributed by atoms with van der Waals surface area (Å²) >= 11 is 0. The normalized spacial score (nSPS) is 16.0. The molecule has 2 aromatic rings. The van der Waals surface area contributed by atoms with E-state index in [2.05, 4.69) is 39.7 Å². The molecule has 0 saturated carbocycles. The average molecular weight is 309 g/mol. The van der Waals surface area contributed by atoms with Gasteiger partial charge >= 0.3 is 0 Å². The number of benzene rings is 2. The fourth-order valence-corrected chi connectivity index (χ4v) is 2.84. The Kier molecular flexibility index (Phi) is 5.27. The number of nitrogens with zero attached hydrogens (tertiary/aromatic N) is 2. The van der Waals surface area contributed by atoms with E-state index in [0.717, 1.165) is 37.2 Å². The lowest BCUT2D eigenvalue weighted by molar-refractivity contribution is 0.203. The third-order valence-electron chi connectivity index (χ3n) is 4.31. The molecule has 1 saturated heterocycles. The van der Waals surface area contributed by atoms with Crippen molar-refractivity contribution in [3.63, 3.8) is 0 Å². The maximum atomic E-state index is 9.21. The van der Waals surface area contributed by atoms with Gasteiger partial charge in [0.2, 0.25) is 0 Å².